The molecule has 0 spiro atoms. The summed E-state index contributed by atoms with van der Waals surface area (Å²) >= 11 is 0. The minimum Gasteiger partial charge on any atom is -0.378 e. The Morgan fingerprint density at radius 1 is 0.568 bits per heavy atom. The molecule has 9 heteroatoms. The quantitative estimate of drug-likeness (QED) is 0.348. The molecule has 0 unspecified atom stereocenters. The summed E-state index contributed by atoms with van der Waals surface area (Å²) < 4.78 is 0. The van der Waals surface area contributed by atoms with Crippen LogP contribution in [0.5, 0.6) is 0 Å². The van der Waals surface area contributed by atoms with Crippen molar-refractivity contribution in [2.24, 2.45) is 10.2 Å². The summed E-state index contributed by atoms with van der Waals surface area (Å²) in [5.74, 6) is -0.595. The fourth-order valence-corrected chi connectivity index (χ4v) is 3.35. The monoisotopic (exact) mass is 499 g/mol. The first-order valence-corrected chi connectivity index (χ1v) is 11.7. The van der Waals surface area contributed by atoms with Crippen molar-refractivity contribution in [3.8, 4) is 0 Å². The number of nitrogens with zero attached hydrogens (tertiary/aromatic N) is 5. The van der Waals surface area contributed by atoms with Crippen LogP contribution < -0.4 is 25.6 Å². The first-order valence-electron chi connectivity index (χ1n) is 11.7. The van der Waals surface area contributed by atoms with Crippen molar-refractivity contribution in [2.45, 2.75) is 0 Å². The van der Waals surface area contributed by atoms with Crippen LogP contribution in [-0.4, -0.2) is 66.5 Å². The van der Waals surface area contributed by atoms with Crippen LogP contribution in [-0.2, 0) is 0 Å². The van der Waals surface area contributed by atoms with Crippen molar-refractivity contribution in [1.82, 2.24) is 10.9 Å². The van der Waals surface area contributed by atoms with E-state index in [-0.39, 0.29) is 11.8 Å². The highest BCUT2D eigenvalue weighted by Crippen LogP contribution is 2.16. The van der Waals surface area contributed by atoms with Gasteiger partial charge in [0.15, 0.2) is 0 Å². The van der Waals surface area contributed by atoms with Crippen molar-refractivity contribution >= 4 is 41.3 Å². The summed E-state index contributed by atoms with van der Waals surface area (Å²) in [6, 6.07) is 20.3. The predicted molar refractivity (Wildman–Crippen MR) is 152 cm³/mol. The summed E-state index contributed by atoms with van der Waals surface area (Å²) in [6.45, 7) is 0. The smallest absolute Gasteiger partial charge is 0.271 e. The molecule has 3 rings (SSSR count). The Bertz CT molecular complexity index is 1190. The lowest BCUT2D eigenvalue weighted by Crippen LogP contribution is -2.18. The van der Waals surface area contributed by atoms with Gasteiger partial charge in [0, 0.05) is 70.5 Å². The summed E-state index contributed by atoms with van der Waals surface area (Å²) in [6.07, 6.45) is 3.14. The number of hydrogen-bond donors (Lipinski definition) is 2. The highest BCUT2D eigenvalue weighted by atomic mass is 16.2. The molecule has 0 saturated carbocycles. The second-order valence-corrected chi connectivity index (χ2v) is 9.03. The summed E-state index contributed by atoms with van der Waals surface area (Å²) in [7, 11) is 11.6. The van der Waals surface area contributed by atoms with Crippen LogP contribution in [0.25, 0.3) is 0 Å². The molecule has 9 nitrogen and oxygen atoms in total. The van der Waals surface area contributed by atoms with E-state index in [1.54, 1.807) is 36.7 Å². The molecule has 2 amide bonds. The third-order valence-electron chi connectivity index (χ3n) is 5.53. The molecule has 3 aromatic carbocycles. The second-order valence-electron chi connectivity index (χ2n) is 9.03. The summed E-state index contributed by atoms with van der Waals surface area (Å²) in [5.41, 5.74) is 10.6. The molecule has 0 aromatic heterocycles. The van der Waals surface area contributed by atoms with Gasteiger partial charge in [0.25, 0.3) is 11.8 Å². The molecule has 0 bridgehead atoms. The van der Waals surface area contributed by atoms with Crippen LogP contribution in [0.2, 0.25) is 0 Å². The molecule has 2 N–H and O–H groups in total. The topological polar surface area (TPSA) is 92.6 Å². The lowest BCUT2D eigenvalue weighted by Gasteiger charge is -2.14. The van der Waals surface area contributed by atoms with Gasteiger partial charge < -0.3 is 14.7 Å². The third kappa shape index (κ3) is 7.66. The Hall–Kier alpha value is -4.66. The van der Waals surface area contributed by atoms with Gasteiger partial charge in [-0.1, -0.05) is 0 Å². The lowest BCUT2D eigenvalue weighted by atomic mass is 10.1. The number of hydrazone groups is 2. The predicted octanol–water partition coefficient (Wildman–Crippen LogP) is 3.41. The number of anilines is 3. The van der Waals surface area contributed by atoms with E-state index in [1.807, 2.05) is 99.5 Å². The van der Waals surface area contributed by atoms with Gasteiger partial charge in [0.05, 0.1) is 12.4 Å². The Balaban J connectivity index is 1.67. The zero-order valence-corrected chi connectivity index (χ0v) is 22.1. The van der Waals surface area contributed by atoms with Gasteiger partial charge in [-0.25, -0.2) is 10.9 Å². The molecule has 0 atom stereocenters. The molecule has 192 valence electrons. The number of carbonyl (C=O) groups excluding carboxylic acids is 2. The van der Waals surface area contributed by atoms with Crippen LogP contribution >= 0.6 is 0 Å². The molecule has 0 saturated heterocycles. The number of benzene rings is 3. The van der Waals surface area contributed by atoms with E-state index < -0.39 is 0 Å². The zero-order valence-electron chi connectivity index (χ0n) is 22.1. The SMILES string of the molecule is CN(C)c1ccc(C(=O)NN=Cc2cc(C=NNC(=O)c3ccc(N(C)C)cc3)cc(N(C)C)c2)cc1. The Morgan fingerprint density at radius 2 is 0.919 bits per heavy atom. The molecule has 0 aliphatic heterocycles. The van der Waals surface area contributed by atoms with E-state index in [0.29, 0.717) is 11.1 Å². The van der Waals surface area contributed by atoms with Crippen LogP contribution in [0.15, 0.2) is 76.9 Å². The van der Waals surface area contributed by atoms with Gasteiger partial charge in [-0.15, -0.1) is 0 Å². The van der Waals surface area contributed by atoms with Crippen molar-refractivity contribution in [1.29, 1.82) is 0 Å². The van der Waals surface area contributed by atoms with Crippen LogP contribution in [0, 0.1) is 0 Å². The second kappa shape index (κ2) is 12.3. The van der Waals surface area contributed by atoms with Crippen molar-refractivity contribution < 1.29 is 9.59 Å². The van der Waals surface area contributed by atoms with Gasteiger partial charge >= 0.3 is 0 Å². The molecule has 0 heterocycles. The molecular formula is C28H33N7O2. The van der Waals surface area contributed by atoms with Crippen molar-refractivity contribution in [2.75, 3.05) is 57.0 Å². The van der Waals surface area contributed by atoms with Crippen molar-refractivity contribution in [3.63, 3.8) is 0 Å². The molecular weight excluding hydrogens is 466 g/mol. The average Bonchev–Trinajstić information content (AvgIpc) is 2.88. The third-order valence-corrected chi connectivity index (χ3v) is 5.53. The van der Waals surface area contributed by atoms with Gasteiger partial charge in [-0.05, 0) is 77.9 Å². The molecule has 0 radical (unpaired) electrons. The maximum Gasteiger partial charge on any atom is 0.271 e. The van der Waals surface area contributed by atoms with E-state index in [9.17, 15) is 9.59 Å². The first-order chi connectivity index (χ1) is 17.6. The minimum atomic E-state index is -0.298. The van der Waals surface area contributed by atoms with Gasteiger partial charge in [-0.3, -0.25) is 9.59 Å². The summed E-state index contributed by atoms with van der Waals surface area (Å²) in [4.78, 5) is 30.7. The van der Waals surface area contributed by atoms with Gasteiger partial charge in [0.2, 0.25) is 0 Å². The van der Waals surface area contributed by atoms with Crippen molar-refractivity contribution in [3.05, 3.63) is 89.0 Å². The van der Waals surface area contributed by atoms with Gasteiger partial charge in [-0.2, -0.15) is 10.2 Å². The fourth-order valence-electron chi connectivity index (χ4n) is 3.35. The molecule has 0 fully saturated rings. The van der Waals surface area contributed by atoms with E-state index in [0.717, 1.165) is 28.2 Å². The zero-order chi connectivity index (χ0) is 26.9. The Kier molecular flexibility index (Phi) is 8.99. The first kappa shape index (κ1) is 26.9. The molecule has 0 aliphatic carbocycles. The minimum absolute atomic E-state index is 0.298. The maximum absolute atomic E-state index is 12.4. The largest absolute Gasteiger partial charge is 0.378 e. The lowest BCUT2D eigenvalue weighted by molar-refractivity contribution is 0.0947. The average molecular weight is 500 g/mol. The number of carbonyl (C=O) groups is 2. The molecule has 0 aliphatic rings. The number of rotatable bonds is 9. The Labute approximate surface area is 218 Å². The number of nitrogens with one attached hydrogen (secondary N) is 2. The van der Waals surface area contributed by atoms with Crippen LogP contribution in [0.3, 0.4) is 0 Å². The van der Waals surface area contributed by atoms with Crippen LogP contribution in [0.1, 0.15) is 31.8 Å². The number of amides is 2. The van der Waals surface area contributed by atoms with Gasteiger partial charge in [0.1, 0.15) is 0 Å². The van der Waals surface area contributed by atoms with E-state index in [4.69, 9.17) is 0 Å². The van der Waals surface area contributed by atoms with E-state index in [1.165, 1.54) is 0 Å². The highest BCUT2D eigenvalue weighted by molar-refractivity contribution is 5.96. The summed E-state index contributed by atoms with van der Waals surface area (Å²) in [5, 5.41) is 8.23. The molecule has 37 heavy (non-hydrogen) atoms. The molecule has 3 aromatic rings. The maximum atomic E-state index is 12.4. The standard InChI is InChI=1S/C28H33N7O2/c1-33(2)24-11-7-22(8-12-24)27(36)31-29-18-20-15-21(17-26(16-20)35(5)6)19-30-32-28(37)23-9-13-25(14-10-23)34(3)4/h7-19H,1-6H3,(H,31,36)(H,32,37). The van der Waals surface area contributed by atoms with Crippen LogP contribution in [0.4, 0.5) is 17.1 Å². The number of hydrogen-bond acceptors (Lipinski definition) is 7. The normalized spacial score (nSPS) is 11.0. The Morgan fingerprint density at radius 3 is 1.24 bits per heavy atom. The van der Waals surface area contributed by atoms with E-state index >= 15 is 0 Å². The highest BCUT2D eigenvalue weighted by Gasteiger charge is 2.07. The fraction of sp³-hybridized carbons (Fsp3) is 0.214. The van der Waals surface area contributed by atoms with E-state index in [2.05, 4.69) is 21.1 Å².